The third-order valence-electron chi connectivity index (χ3n) is 2.17. The van der Waals surface area contributed by atoms with Gasteiger partial charge in [-0.1, -0.05) is 12.1 Å². The summed E-state index contributed by atoms with van der Waals surface area (Å²) in [5, 5.41) is 11.6. The van der Waals surface area contributed by atoms with E-state index in [1.165, 1.54) is 24.3 Å². The molecule has 0 aliphatic heterocycles. The molecule has 0 unspecified atom stereocenters. The number of ether oxygens (including phenoxy) is 1. The van der Waals surface area contributed by atoms with Crippen molar-refractivity contribution in [2.45, 2.75) is 32.4 Å². The first kappa shape index (κ1) is 14.8. The smallest absolute Gasteiger partial charge is 0.408 e. The Hall–Kier alpha value is -2.24. The maximum Gasteiger partial charge on any atom is 0.408 e. The molecule has 0 aromatic heterocycles. The Morgan fingerprint density at radius 2 is 1.79 bits per heavy atom. The lowest BCUT2D eigenvalue weighted by Crippen LogP contribution is -2.40. The Balaban J connectivity index is 2.82. The van der Waals surface area contributed by atoms with Gasteiger partial charge >= 0.3 is 6.09 Å². The second kappa shape index (κ2) is 5.60. The van der Waals surface area contributed by atoms with E-state index in [0.29, 0.717) is 5.56 Å². The highest BCUT2D eigenvalue weighted by molar-refractivity contribution is 5.85. The zero-order chi connectivity index (χ0) is 14.6. The summed E-state index contributed by atoms with van der Waals surface area (Å²) in [5.41, 5.74) is 5.05. The number of phenolic OH excluding ortho intramolecular Hbond substituents is 1. The summed E-state index contributed by atoms with van der Waals surface area (Å²) in [6.07, 6.45) is -0.732. The molecule has 0 bridgehead atoms. The number of nitrogens with one attached hydrogen (secondary N) is 1. The van der Waals surface area contributed by atoms with E-state index in [2.05, 4.69) is 5.32 Å². The fraction of sp³-hybridized carbons (Fsp3) is 0.385. The Morgan fingerprint density at radius 1 is 1.26 bits per heavy atom. The van der Waals surface area contributed by atoms with Gasteiger partial charge in [-0.25, -0.2) is 4.79 Å². The quantitative estimate of drug-likeness (QED) is 0.770. The predicted molar refractivity (Wildman–Crippen MR) is 69.4 cm³/mol. The van der Waals surface area contributed by atoms with Gasteiger partial charge in [0, 0.05) is 0 Å². The summed E-state index contributed by atoms with van der Waals surface area (Å²) in [6.45, 7) is 5.14. The van der Waals surface area contributed by atoms with Crippen LogP contribution in [0.2, 0.25) is 0 Å². The van der Waals surface area contributed by atoms with Crippen LogP contribution in [0.4, 0.5) is 4.79 Å². The van der Waals surface area contributed by atoms with E-state index >= 15 is 0 Å². The Bertz CT molecular complexity index is 463. The normalized spacial score (nSPS) is 12.6. The molecule has 1 aromatic carbocycles. The number of nitrogens with two attached hydrogens (primary N) is 1. The molecule has 104 valence electrons. The number of hydrogen-bond donors (Lipinski definition) is 3. The molecule has 1 atom stereocenters. The first-order valence-electron chi connectivity index (χ1n) is 5.77. The Kier molecular flexibility index (Phi) is 4.37. The molecule has 0 aliphatic rings. The van der Waals surface area contributed by atoms with Crippen LogP contribution in [0.25, 0.3) is 0 Å². The van der Waals surface area contributed by atoms with Crippen molar-refractivity contribution in [3.05, 3.63) is 29.8 Å². The van der Waals surface area contributed by atoms with E-state index in [4.69, 9.17) is 10.5 Å². The number of carbonyl (C=O) groups is 2. The number of hydrogen-bond acceptors (Lipinski definition) is 4. The van der Waals surface area contributed by atoms with Crippen molar-refractivity contribution in [1.29, 1.82) is 0 Å². The van der Waals surface area contributed by atoms with E-state index in [1.54, 1.807) is 20.8 Å². The van der Waals surface area contributed by atoms with Crippen molar-refractivity contribution < 1.29 is 19.4 Å². The average Bonchev–Trinajstić information content (AvgIpc) is 2.24. The molecule has 0 spiro atoms. The number of alkyl carbamates (subject to hydrolysis) is 1. The number of phenols is 1. The number of primary amides is 1. The maximum absolute atomic E-state index is 11.6. The van der Waals surface area contributed by atoms with Gasteiger partial charge in [0.2, 0.25) is 5.91 Å². The van der Waals surface area contributed by atoms with Gasteiger partial charge in [-0.3, -0.25) is 4.79 Å². The standard InChI is InChI=1S/C13H18N2O4/c1-13(2,3)19-12(18)15-10(11(14)17)8-4-6-9(16)7-5-8/h4-7,10,16H,1-3H3,(H2,14,17)(H,15,18)/t10-/m0/s1. The minimum atomic E-state index is -1.00. The van der Waals surface area contributed by atoms with Crippen molar-refractivity contribution in [3.8, 4) is 5.75 Å². The minimum absolute atomic E-state index is 0.0595. The summed E-state index contributed by atoms with van der Waals surface area (Å²) in [7, 11) is 0. The SMILES string of the molecule is CC(C)(C)OC(=O)N[C@H](C(N)=O)c1ccc(O)cc1. The Labute approximate surface area is 111 Å². The molecular weight excluding hydrogens is 248 g/mol. The maximum atomic E-state index is 11.6. The number of amides is 2. The fourth-order valence-corrected chi connectivity index (χ4v) is 1.41. The molecular formula is C13H18N2O4. The van der Waals surface area contributed by atoms with Crippen molar-refractivity contribution in [2.24, 2.45) is 5.73 Å². The van der Waals surface area contributed by atoms with E-state index in [-0.39, 0.29) is 5.75 Å². The van der Waals surface area contributed by atoms with Gasteiger partial charge in [0.1, 0.15) is 17.4 Å². The molecule has 1 rings (SSSR count). The highest BCUT2D eigenvalue weighted by atomic mass is 16.6. The summed E-state index contributed by atoms with van der Waals surface area (Å²) < 4.78 is 5.06. The molecule has 19 heavy (non-hydrogen) atoms. The first-order chi connectivity index (χ1) is 8.69. The Morgan fingerprint density at radius 3 is 2.21 bits per heavy atom. The van der Waals surface area contributed by atoms with Crippen molar-refractivity contribution in [1.82, 2.24) is 5.32 Å². The predicted octanol–water partition coefficient (Wildman–Crippen LogP) is 1.44. The van der Waals surface area contributed by atoms with E-state index in [9.17, 15) is 14.7 Å². The number of aromatic hydroxyl groups is 1. The average molecular weight is 266 g/mol. The van der Waals surface area contributed by atoms with Crippen LogP contribution in [0.15, 0.2) is 24.3 Å². The van der Waals surface area contributed by atoms with Gasteiger partial charge in [0.05, 0.1) is 0 Å². The van der Waals surface area contributed by atoms with Crippen molar-refractivity contribution in [3.63, 3.8) is 0 Å². The molecule has 0 fully saturated rings. The van der Waals surface area contributed by atoms with Gasteiger partial charge in [-0.15, -0.1) is 0 Å². The fourth-order valence-electron chi connectivity index (χ4n) is 1.41. The lowest BCUT2D eigenvalue weighted by atomic mass is 10.1. The van der Waals surface area contributed by atoms with Crippen molar-refractivity contribution >= 4 is 12.0 Å². The van der Waals surface area contributed by atoms with Crippen LogP contribution in [-0.4, -0.2) is 22.7 Å². The second-order valence-corrected chi connectivity index (χ2v) is 5.07. The second-order valence-electron chi connectivity index (χ2n) is 5.07. The lowest BCUT2D eigenvalue weighted by Gasteiger charge is -2.22. The van der Waals surface area contributed by atoms with Crippen LogP contribution in [0.1, 0.15) is 32.4 Å². The van der Waals surface area contributed by atoms with Crippen LogP contribution >= 0.6 is 0 Å². The van der Waals surface area contributed by atoms with Gasteiger partial charge in [-0.2, -0.15) is 0 Å². The summed E-state index contributed by atoms with van der Waals surface area (Å²) in [6, 6.07) is 4.81. The highest BCUT2D eigenvalue weighted by Crippen LogP contribution is 2.17. The third-order valence-corrected chi connectivity index (χ3v) is 2.17. The van der Waals surface area contributed by atoms with Gasteiger partial charge in [0.15, 0.2) is 0 Å². The molecule has 0 saturated carbocycles. The van der Waals surface area contributed by atoms with E-state index in [0.717, 1.165) is 0 Å². The van der Waals surface area contributed by atoms with Crippen LogP contribution < -0.4 is 11.1 Å². The van der Waals surface area contributed by atoms with Crippen LogP contribution in [0, 0.1) is 0 Å². The molecule has 0 aliphatic carbocycles. The van der Waals surface area contributed by atoms with E-state index < -0.39 is 23.6 Å². The van der Waals surface area contributed by atoms with Gasteiger partial charge in [0.25, 0.3) is 0 Å². The highest BCUT2D eigenvalue weighted by Gasteiger charge is 2.23. The zero-order valence-electron chi connectivity index (χ0n) is 11.1. The van der Waals surface area contributed by atoms with Crippen LogP contribution in [0.3, 0.4) is 0 Å². The molecule has 4 N–H and O–H groups in total. The van der Waals surface area contributed by atoms with Gasteiger partial charge < -0.3 is 20.9 Å². The zero-order valence-corrected chi connectivity index (χ0v) is 11.1. The van der Waals surface area contributed by atoms with Gasteiger partial charge in [-0.05, 0) is 38.5 Å². The van der Waals surface area contributed by atoms with Crippen LogP contribution in [0.5, 0.6) is 5.75 Å². The summed E-state index contributed by atoms with van der Waals surface area (Å²) >= 11 is 0. The first-order valence-corrected chi connectivity index (χ1v) is 5.77. The summed E-state index contributed by atoms with van der Waals surface area (Å²) in [4.78, 5) is 23.0. The van der Waals surface area contributed by atoms with Crippen LogP contribution in [-0.2, 0) is 9.53 Å². The molecule has 6 heteroatoms. The topological polar surface area (TPSA) is 102 Å². The molecule has 0 saturated heterocycles. The molecule has 6 nitrogen and oxygen atoms in total. The van der Waals surface area contributed by atoms with Crippen molar-refractivity contribution in [2.75, 3.05) is 0 Å². The third kappa shape index (κ3) is 4.87. The summed E-state index contributed by atoms with van der Waals surface area (Å²) in [5.74, 6) is -0.652. The molecule has 0 heterocycles. The number of benzene rings is 1. The largest absolute Gasteiger partial charge is 0.508 e. The molecule has 2 amide bonds. The molecule has 0 radical (unpaired) electrons. The van der Waals surface area contributed by atoms with E-state index in [1.807, 2.05) is 0 Å². The molecule has 1 aromatic rings. The minimum Gasteiger partial charge on any atom is -0.508 e. The number of carbonyl (C=O) groups excluding carboxylic acids is 2. The number of rotatable bonds is 3. The monoisotopic (exact) mass is 266 g/mol. The lowest BCUT2D eigenvalue weighted by molar-refractivity contribution is -0.120.